The third-order valence-corrected chi connectivity index (χ3v) is 7.38. The van der Waals surface area contributed by atoms with Crippen LogP contribution in [0.25, 0.3) is 0 Å². The summed E-state index contributed by atoms with van der Waals surface area (Å²) in [5.41, 5.74) is 2.61. The zero-order chi connectivity index (χ0) is 21.7. The zero-order valence-electron chi connectivity index (χ0n) is 17.7. The summed E-state index contributed by atoms with van der Waals surface area (Å²) >= 11 is 0. The Morgan fingerprint density at radius 1 is 1.10 bits per heavy atom. The Kier molecular flexibility index (Phi) is 7.36. The van der Waals surface area contributed by atoms with Crippen molar-refractivity contribution >= 4 is 10.0 Å². The van der Waals surface area contributed by atoms with E-state index in [1.165, 1.54) is 41.8 Å². The van der Waals surface area contributed by atoms with Gasteiger partial charge in [-0.15, -0.1) is 0 Å². The smallest absolute Gasteiger partial charge is 0.243 e. The first-order valence-electron chi connectivity index (χ1n) is 10.1. The minimum Gasteiger partial charge on any atom is -0.493 e. The van der Waals surface area contributed by atoms with E-state index in [9.17, 15) is 13.5 Å². The lowest BCUT2D eigenvalue weighted by Gasteiger charge is -2.31. The molecule has 2 aromatic carbocycles. The molecular formula is C22H30N2O5S. The Bertz CT molecular complexity index is 964. The Labute approximate surface area is 178 Å². The van der Waals surface area contributed by atoms with Gasteiger partial charge in [0.15, 0.2) is 11.5 Å². The second-order valence-electron chi connectivity index (χ2n) is 7.38. The highest BCUT2D eigenvalue weighted by Gasteiger charge is 2.28. The SMILES string of the molecule is CCN(CC(O)CN1CCc2ccccc2C1)S(=O)(=O)c1ccc(OC)c(OC)c1. The number of β-amino-alcohol motifs (C(OH)–C–C–N with tert-alkyl or cyclic N) is 1. The van der Waals surface area contributed by atoms with Gasteiger partial charge in [-0.1, -0.05) is 31.2 Å². The molecule has 1 heterocycles. The van der Waals surface area contributed by atoms with E-state index < -0.39 is 16.1 Å². The normalized spacial score (nSPS) is 15.6. The largest absolute Gasteiger partial charge is 0.493 e. The van der Waals surface area contributed by atoms with Gasteiger partial charge in [-0.05, 0) is 29.7 Å². The maximum absolute atomic E-state index is 13.1. The molecule has 164 valence electrons. The molecule has 7 nitrogen and oxygen atoms in total. The van der Waals surface area contributed by atoms with Crippen LogP contribution >= 0.6 is 0 Å². The number of benzene rings is 2. The number of sulfonamides is 1. The Balaban J connectivity index is 1.68. The first kappa shape index (κ1) is 22.6. The lowest BCUT2D eigenvalue weighted by molar-refractivity contribution is 0.0897. The van der Waals surface area contributed by atoms with Crippen LogP contribution in [0.5, 0.6) is 11.5 Å². The molecule has 0 aromatic heterocycles. The maximum Gasteiger partial charge on any atom is 0.243 e. The van der Waals surface area contributed by atoms with Crippen molar-refractivity contribution in [2.45, 2.75) is 30.9 Å². The monoisotopic (exact) mass is 434 g/mol. The number of methoxy groups -OCH3 is 2. The van der Waals surface area contributed by atoms with E-state index in [1.54, 1.807) is 13.0 Å². The molecule has 0 saturated heterocycles. The number of rotatable bonds is 9. The lowest BCUT2D eigenvalue weighted by Crippen LogP contribution is -2.43. The van der Waals surface area contributed by atoms with Gasteiger partial charge < -0.3 is 14.6 Å². The van der Waals surface area contributed by atoms with Crippen LogP contribution in [0.3, 0.4) is 0 Å². The summed E-state index contributed by atoms with van der Waals surface area (Å²) in [5.74, 6) is 0.812. The topological polar surface area (TPSA) is 79.3 Å². The quantitative estimate of drug-likeness (QED) is 0.651. The summed E-state index contributed by atoms with van der Waals surface area (Å²) in [4.78, 5) is 2.28. The summed E-state index contributed by atoms with van der Waals surface area (Å²) in [7, 11) is -0.810. The van der Waals surface area contributed by atoms with Gasteiger partial charge in [-0.2, -0.15) is 4.31 Å². The molecule has 0 spiro atoms. The fourth-order valence-corrected chi connectivity index (χ4v) is 5.33. The van der Waals surface area contributed by atoms with Crippen LogP contribution in [0, 0.1) is 0 Å². The Morgan fingerprint density at radius 2 is 1.80 bits per heavy atom. The van der Waals surface area contributed by atoms with Gasteiger partial charge in [0.25, 0.3) is 0 Å². The van der Waals surface area contributed by atoms with Gasteiger partial charge in [0.2, 0.25) is 10.0 Å². The van der Waals surface area contributed by atoms with Gasteiger partial charge in [0.1, 0.15) is 0 Å². The first-order valence-corrected chi connectivity index (χ1v) is 11.5. The molecule has 30 heavy (non-hydrogen) atoms. The summed E-state index contributed by atoms with van der Waals surface area (Å²) in [6, 6.07) is 12.8. The van der Waals surface area contributed by atoms with E-state index in [-0.39, 0.29) is 18.0 Å². The maximum atomic E-state index is 13.1. The molecule has 1 N–H and O–H groups in total. The molecule has 0 amide bonds. The van der Waals surface area contributed by atoms with E-state index >= 15 is 0 Å². The molecule has 0 fully saturated rings. The summed E-state index contributed by atoms with van der Waals surface area (Å²) < 4.78 is 38.0. The number of aliphatic hydroxyl groups is 1. The minimum absolute atomic E-state index is 0.0331. The molecule has 1 atom stereocenters. The molecule has 8 heteroatoms. The predicted octanol–water partition coefficient (Wildman–Crippen LogP) is 2.13. The highest BCUT2D eigenvalue weighted by Crippen LogP contribution is 2.30. The molecule has 0 saturated carbocycles. The molecule has 0 radical (unpaired) electrons. The molecule has 3 rings (SSSR count). The molecule has 0 bridgehead atoms. The van der Waals surface area contributed by atoms with E-state index in [0.29, 0.717) is 18.0 Å². The van der Waals surface area contributed by atoms with Gasteiger partial charge in [-0.3, -0.25) is 4.90 Å². The number of hydrogen-bond acceptors (Lipinski definition) is 6. The van der Waals surface area contributed by atoms with Crippen molar-refractivity contribution in [1.29, 1.82) is 0 Å². The van der Waals surface area contributed by atoms with Crippen LogP contribution in [-0.2, 0) is 23.0 Å². The average Bonchev–Trinajstić information content (AvgIpc) is 2.76. The van der Waals surface area contributed by atoms with Crippen LogP contribution in [0.1, 0.15) is 18.1 Å². The number of likely N-dealkylation sites (N-methyl/N-ethyl adjacent to an activating group) is 1. The summed E-state index contributed by atoms with van der Waals surface area (Å²) in [6.07, 6.45) is 0.148. The minimum atomic E-state index is -3.77. The highest BCUT2D eigenvalue weighted by molar-refractivity contribution is 7.89. The van der Waals surface area contributed by atoms with E-state index in [0.717, 1.165) is 19.5 Å². The van der Waals surface area contributed by atoms with Crippen molar-refractivity contribution in [2.75, 3.05) is 40.4 Å². The molecular weight excluding hydrogens is 404 g/mol. The van der Waals surface area contributed by atoms with Crippen LogP contribution in [0.2, 0.25) is 0 Å². The number of aliphatic hydroxyl groups excluding tert-OH is 1. The fourth-order valence-electron chi connectivity index (χ4n) is 3.82. The van der Waals surface area contributed by atoms with Crippen molar-refractivity contribution in [2.24, 2.45) is 0 Å². The van der Waals surface area contributed by atoms with Crippen LogP contribution in [-0.4, -0.2) is 69.2 Å². The van der Waals surface area contributed by atoms with Crippen LogP contribution in [0.4, 0.5) is 0 Å². The predicted molar refractivity (Wildman–Crippen MR) is 115 cm³/mol. The summed E-state index contributed by atoms with van der Waals surface area (Å²) in [5, 5.41) is 10.7. The molecule has 1 aliphatic rings. The highest BCUT2D eigenvalue weighted by atomic mass is 32.2. The second kappa shape index (κ2) is 9.78. The van der Waals surface area contributed by atoms with Gasteiger partial charge in [0.05, 0.1) is 25.2 Å². The number of ether oxygens (including phenoxy) is 2. The van der Waals surface area contributed by atoms with Crippen LogP contribution in [0.15, 0.2) is 47.4 Å². The number of hydrogen-bond donors (Lipinski definition) is 1. The Morgan fingerprint density at radius 3 is 2.47 bits per heavy atom. The molecule has 2 aromatic rings. The average molecular weight is 435 g/mol. The van der Waals surface area contributed by atoms with Crippen LogP contribution < -0.4 is 9.47 Å². The third kappa shape index (κ3) is 4.95. The van der Waals surface area contributed by atoms with Crippen molar-refractivity contribution in [3.8, 4) is 11.5 Å². The number of nitrogens with zero attached hydrogens (tertiary/aromatic N) is 2. The number of fused-ring (bicyclic) bond motifs is 1. The third-order valence-electron chi connectivity index (χ3n) is 5.44. The summed E-state index contributed by atoms with van der Waals surface area (Å²) in [6.45, 7) is 4.10. The molecule has 1 unspecified atom stereocenters. The lowest BCUT2D eigenvalue weighted by atomic mass is 10.00. The van der Waals surface area contributed by atoms with E-state index in [1.807, 2.05) is 12.1 Å². The molecule has 0 aliphatic carbocycles. The van der Waals surface area contributed by atoms with Crippen molar-refractivity contribution in [1.82, 2.24) is 9.21 Å². The van der Waals surface area contributed by atoms with Gasteiger partial charge in [-0.25, -0.2) is 8.42 Å². The zero-order valence-corrected chi connectivity index (χ0v) is 18.6. The van der Waals surface area contributed by atoms with E-state index in [2.05, 4.69) is 17.0 Å². The second-order valence-corrected chi connectivity index (χ2v) is 9.32. The van der Waals surface area contributed by atoms with E-state index in [4.69, 9.17) is 9.47 Å². The van der Waals surface area contributed by atoms with Gasteiger partial charge >= 0.3 is 0 Å². The van der Waals surface area contributed by atoms with Crippen molar-refractivity contribution in [3.05, 3.63) is 53.6 Å². The fraction of sp³-hybridized carbons (Fsp3) is 0.455. The van der Waals surface area contributed by atoms with Crippen molar-refractivity contribution in [3.63, 3.8) is 0 Å². The standard InChI is InChI=1S/C22H30N2O5S/c1-4-24(30(26,27)20-9-10-21(28-2)22(13-20)29-3)16-19(25)15-23-12-11-17-7-5-6-8-18(17)14-23/h5-10,13,19,25H,4,11-12,14-16H2,1-3H3. The van der Waals surface area contributed by atoms with Gasteiger partial charge in [0, 0.05) is 38.8 Å². The van der Waals surface area contributed by atoms with Crippen molar-refractivity contribution < 1.29 is 23.0 Å². The molecule has 1 aliphatic heterocycles. The first-order chi connectivity index (χ1) is 14.4. The Hall–Kier alpha value is -2.13.